The third-order valence-corrected chi connectivity index (χ3v) is 5.33. The van der Waals surface area contributed by atoms with E-state index in [4.69, 9.17) is 4.98 Å². The van der Waals surface area contributed by atoms with Crippen molar-refractivity contribution < 1.29 is 3.89 Å². The zero-order chi connectivity index (χ0) is 17.9. The Kier molecular flexibility index (Phi) is 5.03. The molecule has 0 unspecified atom stereocenters. The van der Waals surface area contributed by atoms with Gasteiger partial charge in [0.25, 0.3) is 0 Å². The summed E-state index contributed by atoms with van der Waals surface area (Å²) >= 11 is 0.192. The maximum absolute atomic E-state index is 13.3. The summed E-state index contributed by atoms with van der Waals surface area (Å²) in [6.07, 6.45) is 7.24. The topological polar surface area (TPSA) is 58.4 Å². The van der Waals surface area contributed by atoms with Crippen LogP contribution in [0.15, 0.2) is 41.7 Å². The second kappa shape index (κ2) is 7.59. The van der Waals surface area contributed by atoms with E-state index in [2.05, 4.69) is 33.4 Å². The smallest absolute Gasteiger partial charge is 0.173 e. The summed E-state index contributed by atoms with van der Waals surface area (Å²) in [5.74, 6) is 1.22. The van der Waals surface area contributed by atoms with E-state index in [-0.39, 0.29) is 12.1 Å². The summed E-state index contributed by atoms with van der Waals surface area (Å²) in [5, 5.41) is 7.71. The molecule has 8 heteroatoms. The van der Waals surface area contributed by atoms with Crippen LogP contribution in [0.5, 0.6) is 0 Å². The monoisotopic (exact) mass is 372 g/mol. The Morgan fingerprint density at radius 1 is 1.31 bits per heavy atom. The summed E-state index contributed by atoms with van der Waals surface area (Å²) in [6.45, 7) is 2.73. The third-order valence-electron chi connectivity index (χ3n) is 4.88. The molecule has 26 heavy (non-hydrogen) atoms. The maximum atomic E-state index is 13.3. The molecule has 0 saturated carbocycles. The number of nitrogens with one attached hydrogen (secondary N) is 1. The Bertz CT molecular complexity index is 876. The molecule has 136 valence electrons. The van der Waals surface area contributed by atoms with E-state index < -0.39 is 0 Å². The van der Waals surface area contributed by atoms with Crippen molar-refractivity contribution >= 4 is 23.6 Å². The van der Waals surface area contributed by atoms with Crippen molar-refractivity contribution in [3.63, 3.8) is 0 Å². The quantitative estimate of drug-likeness (QED) is 0.739. The lowest BCUT2D eigenvalue weighted by atomic mass is 9.93. The zero-order valence-electron chi connectivity index (χ0n) is 14.6. The first kappa shape index (κ1) is 17.2. The summed E-state index contributed by atoms with van der Waals surface area (Å²) < 4.78 is 15.0. The SMILES string of the molecule is CN1CCC(c2cc(NCc3cccnc3)n3ncc(SF)c3n2)CC1. The molecule has 0 aromatic carbocycles. The second-order valence-electron chi connectivity index (χ2n) is 6.68. The van der Waals surface area contributed by atoms with Crippen molar-refractivity contribution in [1.29, 1.82) is 0 Å². The number of aromatic nitrogens is 4. The fraction of sp³-hybridized carbons (Fsp3) is 0.389. The van der Waals surface area contributed by atoms with E-state index in [0.29, 0.717) is 23.0 Å². The molecule has 4 rings (SSSR count). The van der Waals surface area contributed by atoms with Gasteiger partial charge in [0.15, 0.2) is 5.65 Å². The van der Waals surface area contributed by atoms with Crippen molar-refractivity contribution in [2.75, 3.05) is 25.5 Å². The number of fused-ring (bicyclic) bond motifs is 1. The molecular formula is C18H21FN6S. The van der Waals surface area contributed by atoms with Gasteiger partial charge in [-0.1, -0.05) is 6.07 Å². The average Bonchev–Trinajstić information content (AvgIpc) is 3.10. The first-order chi connectivity index (χ1) is 12.7. The molecule has 4 heterocycles. The van der Waals surface area contributed by atoms with Gasteiger partial charge < -0.3 is 10.2 Å². The fourth-order valence-electron chi connectivity index (χ4n) is 3.35. The summed E-state index contributed by atoms with van der Waals surface area (Å²) in [4.78, 5) is 11.7. The predicted molar refractivity (Wildman–Crippen MR) is 101 cm³/mol. The van der Waals surface area contributed by atoms with E-state index in [0.717, 1.165) is 43.0 Å². The summed E-state index contributed by atoms with van der Waals surface area (Å²) in [5.41, 5.74) is 2.66. The molecule has 1 fully saturated rings. The minimum atomic E-state index is 0.192. The van der Waals surface area contributed by atoms with Gasteiger partial charge in [0, 0.05) is 36.6 Å². The Morgan fingerprint density at radius 2 is 2.15 bits per heavy atom. The number of pyridine rings is 1. The predicted octanol–water partition coefficient (Wildman–Crippen LogP) is 3.52. The fourth-order valence-corrected chi connectivity index (χ4v) is 3.64. The van der Waals surface area contributed by atoms with Gasteiger partial charge in [-0.2, -0.15) is 13.5 Å². The van der Waals surface area contributed by atoms with Crippen LogP contribution in [0.25, 0.3) is 5.65 Å². The van der Waals surface area contributed by atoms with Crippen LogP contribution in [0.2, 0.25) is 0 Å². The number of nitrogens with zero attached hydrogens (tertiary/aromatic N) is 5. The van der Waals surface area contributed by atoms with Crippen LogP contribution in [0.1, 0.15) is 30.0 Å². The Hall–Kier alpha value is -2.19. The molecule has 1 N–H and O–H groups in total. The van der Waals surface area contributed by atoms with Crippen molar-refractivity contribution in [3.8, 4) is 0 Å². The van der Waals surface area contributed by atoms with Crippen molar-refractivity contribution in [1.82, 2.24) is 24.5 Å². The van der Waals surface area contributed by atoms with Gasteiger partial charge in [-0.25, -0.2) is 4.98 Å². The molecule has 3 aromatic heterocycles. The van der Waals surface area contributed by atoms with Gasteiger partial charge in [-0.3, -0.25) is 4.98 Å². The largest absolute Gasteiger partial charge is 0.366 e. The zero-order valence-corrected chi connectivity index (χ0v) is 15.4. The van der Waals surface area contributed by atoms with Gasteiger partial charge in [-0.05, 0) is 44.6 Å². The minimum Gasteiger partial charge on any atom is -0.366 e. The molecule has 0 aliphatic carbocycles. The molecule has 1 saturated heterocycles. The number of hydrogen-bond acceptors (Lipinski definition) is 6. The molecule has 0 spiro atoms. The van der Waals surface area contributed by atoms with Crippen LogP contribution in [0.4, 0.5) is 9.70 Å². The highest BCUT2D eigenvalue weighted by atomic mass is 32.2. The highest BCUT2D eigenvalue weighted by molar-refractivity contribution is 7.94. The minimum absolute atomic E-state index is 0.192. The van der Waals surface area contributed by atoms with E-state index in [9.17, 15) is 3.89 Å². The Labute approximate surface area is 156 Å². The molecular weight excluding hydrogens is 351 g/mol. The van der Waals surface area contributed by atoms with E-state index in [1.54, 1.807) is 10.7 Å². The van der Waals surface area contributed by atoms with E-state index in [1.807, 2.05) is 18.3 Å². The van der Waals surface area contributed by atoms with Crippen LogP contribution in [-0.4, -0.2) is 44.6 Å². The number of piperidine rings is 1. The molecule has 0 radical (unpaired) electrons. The normalized spacial score (nSPS) is 16.2. The van der Waals surface area contributed by atoms with E-state index in [1.165, 1.54) is 6.20 Å². The molecule has 0 atom stereocenters. The summed E-state index contributed by atoms with van der Waals surface area (Å²) in [7, 11) is 2.14. The lowest BCUT2D eigenvalue weighted by Gasteiger charge is -2.28. The van der Waals surface area contributed by atoms with Gasteiger partial charge in [-0.15, -0.1) is 0 Å². The molecule has 6 nitrogen and oxygen atoms in total. The number of halogens is 1. The standard InChI is InChI=1S/C18H21FN6S/c1-24-7-4-14(5-8-24)15-9-17(21-11-13-3-2-6-20-10-13)25-18(23-15)16(26-19)12-22-25/h2-3,6,9-10,12,14,21H,4-5,7-8,11H2,1H3. The van der Waals surface area contributed by atoms with Gasteiger partial charge in [0.05, 0.1) is 18.3 Å². The molecule has 3 aromatic rings. The molecule has 1 aliphatic rings. The number of hydrogen-bond donors (Lipinski definition) is 1. The van der Waals surface area contributed by atoms with Gasteiger partial charge >= 0.3 is 0 Å². The first-order valence-electron chi connectivity index (χ1n) is 8.73. The highest BCUT2D eigenvalue weighted by Gasteiger charge is 2.22. The van der Waals surface area contributed by atoms with Crippen molar-refractivity contribution in [2.45, 2.75) is 30.2 Å². The molecule has 0 amide bonds. The van der Waals surface area contributed by atoms with E-state index >= 15 is 0 Å². The van der Waals surface area contributed by atoms with Gasteiger partial charge in [0.1, 0.15) is 10.7 Å². The molecule has 0 bridgehead atoms. The maximum Gasteiger partial charge on any atom is 0.173 e. The number of rotatable bonds is 5. The lowest BCUT2D eigenvalue weighted by Crippen LogP contribution is -2.29. The molecule has 1 aliphatic heterocycles. The Morgan fingerprint density at radius 3 is 2.88 bits per heavy atom. The van der Waals surface area contributed by atoms with Crippen molar-refractivity contribution in [2.24, 2.45) is 0 Å². The second-order valence-corrected chi connectivity index (χ2v) is 7.27. The first-order valence-corrected chi connectivity index (χ1v) is 9.45. The lowest BCUT2D eigenvalue weighted by molar-refractivity contribution is 0.253. The number of anilines is 1. The third kappa shape index (κ3) is 3.52. The summed E-state index contributed by atoms with van der Waals surface area (Å²) in [6, 6.07) is 5.98. The van der Waals surface area contributed by atoms with Crippen LogP contribution in [0.3, 0.4) is 0 Å². The van der Waals surface area contributed by atoms with Crippen LogP contribution >= 0.6 is 12.1 Å². The van der Waals surface area contributed by atoms with Crippen LogP contribution in [-0.2, 0) is 6.54 Å². The van der Waals surface area contributed by atoms with Crippen LogP contribution < -0.4 is 5.32 Å². The van der Waals surface area contributed by atoms with Crippen molar-refractivity contribution in [3.05, 3.63) is 48.0 Å². The average molecular weight is 372 g/mol. The van der Waals surface area contributed by atoms with Gasteiger partial charge in [0.2, 0.25) is 0 Å². The highest BCUT2D eigenvalue weighted by Crippen LogP contribution is 2.31. The van der Waals surface area contributed by atoms with Crippen LogP contribution in [0, 0.1) is 0 Å². The number of likely N-dealkylation sites (tertiary alicyclic amines) is 1. The Balaban J connectivity index is 1.67.